The van der Waals surface area contributed by atoms with E-state index in [-0.39, 0.29) is 18.1 Å². The summed E-state index contributed by atoms with van der Waals surface area (Å²) in [5.41, 5.74) is 2.42. The Bertz CT molecular complexity index is 1630. The van der Waals surface area contributed by atoms with Gasteiger partial charge in [0.15, 0.2) is 18.1 Å². The summed E-state index contributed by atoms with van der Waals surface area (Å²) in [6.45, 7) is 7.75. The highest BCUT2D eigenvalue weighted by Gasteiger charge is 2.23. The van der Waals surface area contributed by atoms with Crippen LogP contribution in [0.1, 0.15) is 37.7 Å². The molecule has 0 aliphatic heterocycles. The summed E-state index contributed by atoms with van der Waals surface area (Å²) in [7, 11) is 1.53. The van der Waals surface area contributed by atoms with Crippen molar-refractivity contribution in [3.05, 3.63) is 89.9 Å². The van der Waals surface area contributed by atoms with Gasteiger partial charge in [0, 0.05) is 15.6 Å². The van der Waals surface area contributed by atoms with E-state index in [0.29, 0.717) is 39.5 Å². The van der Waals surface area contributed by atoms with Gasteiger partial charge in [-0.2, -0.15) is 9.78 Å². The molecule has 0 aliphatic carbocycles. The van der Waals surface area contributed by atoms with Gasteiger partial charge in [-0.1, -0.05) is 54.4 Å². The van der Waals surface area contributed by atoms with Crippen molar-refractivity contribution in [1.82, 2.24) is 9.66 Å². The highest BCUT2D eigenvalue weighted by atomic mass is 127. The van der Waals surface area contributed by atoms with Gasteiger partial charge < -0.3 is 14.8 Å². The lowest BCUT2D eigenvalue weighted by Gasteiger charge is -2.21. The smallest absolute Gasteiger partial charge is 0.282 e. The number of carbonyl (C=O) groups is 1. The number of carbonyl (C=O) groups excluding carboxylic acids is 1. The molecule has 8 nitrogen and oxygen atoms in total. The first-order valence-electron chi connectivity index (χ1n) is 12.1. The van der Waals surface area contributed by atoms with Gasteiger partial charge in [-0.05, 0) is 77.5 Å². The molecule has 1 N–H and O–H groups in total. The number of amides is 1. The zero-order chi connectivity index (χ0) is 28.3. The Morgan fingerprint density at radius 3 is 2.54 bits per heavy atom. The second-order valence-corrected chi connectivity index (χ2v) is 12.0. The molecule has 0 fully saturated rings. The van der Waals surface area contributed by atoms with Crippen LogP contribution in [0.2, 0.25) is 0 Å². The molecular formula is C29H28BrIN4O4. The molecule has 0 saturated carbocycles. The molecule has 0 bridgehead atoms. The van der Waals surface area contributed by atoms with Gasteiger partial charge in [-0.25, -0.2) is 4.98 Å². The van der Waals surface area contributed by atoms with Crippen molar-refractivity contribution < 1.29 is 14.3 Å². The van der Waals surface area contributed by atoms with Crippen LogP contribution in [0.15, 0.2) is 69.0 Å². The summed E-state index contributed by atoms with van der Waals surface area (Å²) in [4.78, 5) is 30.6. The van der Waals surface area contributed by atoms with Gasteiger partial charge in [0.1, 0.15) is 5.82 Å². The van der Waals surface area contributed by atoms with E-state index < -0.39 is 5.41 Å². The number of aryl methyl sites for hydroxylation is 1. The summed E-state index contributed by atoms with van der Waals surface area (Å²) in [6, 6.07) is 16.5. The van der Waals surface area contributed by atoms with Gasteiger partial charge in [-0.3, -0.25) is 9.59 Å². The molecule has 3 aromatic carbocycles. The topological polar surface area (TPSA) is 94.8 Å². The van der Waals surface area contributed by atoms with Crippen LogP contribution in [0.3, 0.4) is 0 Å². The van der Waals surface area contributed by atoms with Crippen LogP contribution in [-0.2, 0) is 10.2 Å². The lowest BCUT2D eigenvalue weighted by molar-refractivity contribution is -0.118. The molecule has 0 aliphatic rings. The van der Waals surface area contributed by atoms with Crippen molar-refractivity contribution in [2.75, 3.05) is 19.0 Å². The Labute approximate surface area is 248 Å². The third-order valence-corrected chi connectivity index (χ3v) is 7.03. The summed E-state index contributed by atoms with van der Waals surface area (Å²) >= 11 is 5.55. The molecule has 39 heavy (non-hydrogen) atoms. The number of methoxy groups -OCH3 is 1. The van der Waals surface area contributed by atoms with Crippen LogP contribution in [0.25, 0.3) is 10.9 Å². The minimum atomic E-state index is -0.430. The fourth-order valence-corrected chi connectivity index (χ4v) is 4.93. The van der Waals surface area contributed by atoms with Gasteiger partial charge in [0.05, 0.1) is 27.8 Å². The number of hydrogen-bond donors (Lipinski definition) is 1. The fraction of sp³-hybridized carbons (Fsp3) is 0.241. The highest BCUT2D eigenvalue weighted by Crippen LogP contribution is 2.33. The highest BCUT2D eigenvalue weighted by molar-refractivity contribution is 14.1. The number of hydrogen-bond acceptors (Lipinski definition) is 6. The number of benzene rings is 3. The second kappa shape index (κ2) is 11.9. The summed E-state index contributed by atoms with van der Waals surface area (Å²) in [5, 5.41) is 7.82. The van der Waals surface area contributed by atoms with Crippen LogP contribution in [-0.4, -0.2) is 35.5 Å². The molecule has 0 unspecified atom stereocenters. The Kier molecular flexibility index (Phi) is 8.75. The van der Waals surface area contributed by atoms with E-state index in [1.807, 2.05) is 70.2 Å². The molecule has 1 amide bonds. The summed E-state index contributed by atoms with van der Waals surface area (Å²) < 4.78 is 14.2. The average Bonchev–Trinajstić information content (AvgIpc) is 2.88. The van der Waals surface area contributed by atoms with Gasteiger partial charge in [-0.15, -0.1) is 0 Å². The maximum Gasteiger partial charge on any atom is 0.282 e. The molecule has 4 aromatic rings. The van der Waals surface area contributed by atoms with Crippen LogP contribution < -0.4 is 20.3 Å². The SMILES string of the molecule is COc1cc(C=Nn2c(C(C)(C)C)nc3ccc(Br)cc3c2=O)cc(I)c1OCC(=O)Nc1ccc(C)cc1. The predicted octanol–water partition coefficient (Wildman–Crippen LogP) is 6.28. The standard InChI is InChI=1S/C29H28BrIN4O4/c1-17-6-9-20(10-7-17)33-25(36)16-39-26-22(31)12-18(13-24(26)38-5)15-32-35-27(37)21-14-19(30)8-11-23(21)34-28(35)29(2,3)4/h6-15H,16H2,1-5H3,(H,33,36). The largest absolute Gasteiger partial charge is 0.493 e. The van der Waals surface area contributed by atoms with E-state index in [2.05, 4.69) is 48.9 Å². The van der Waals surface area contributed by atoms with E-state index >= 15 is 0 Å². The van der Waals surface area contributed by atoms with Crippen LogP contribution in [0.5, 0.6) is 11.5 Å². The van der Waals surface area contributed by atoms with Crippen molar-refractivity contribution in [2.45, 2.75) is 33.1 Å². The number of nitrogens with zero attached hydrogens (tertiary/aromatic N) is 3. The number of aromatic nitrogens is 2. The predicted molar refractivity (Wildman–Crippen MR) is 166 cm³/mol. The number of ether oxygens (including phenoxy) is 2. The Hall–Kier alpha value is -3.25. The lowest BCUT2D eigenvalue weighted by atomic mass is 9.95. The molecule has 202 valence electrons. The molecule has 10 heteroatoms. The Morgan fingerprint density at radius 1 is 1.15 bits per heavy atom. The van der Waals surface area contributed by atoms with Crippen molar-refractivity contribution in [3.63, 3.8) is 0 Å². The summed E-state index contributed by atoms with van der Waals surface area (Å²) in [6.07, 6.45) is 1.58. The van der Waals surface area contributed by atoms with Crippen molar-refractivity contribution in [3.8, 4) is 11.5 Å². The van der Waals surface area contributed by atoms with Crippen LogP contribution in [0.4, 0.5) is 5.69 Å². The minimum Gasteiger partial charge on any atom is -0.493 e. The number of halogens is 2. The number of nitrogens with one attached hydrogen (secondary N) is 1. The van der Waals surface area contributed by atoms with E-state index in [1.54, 1.807) is 18.3 Å². The lowest BCUT2D eigenvalue weighted by Crippen LogP contribution is -2.29. The Morgan fingerprint density at radius 2 is 1.87 bits per heavy atom. The Balaban J connectivity index is 1.61. The molecule has 0 atom stereocenters. The zero-order valence-electron chi connectivity index (χ0n) is 22.2. The minimum absolute atomic E-state index is 0.184. The number of fused-ring (bicyclic) bond motifs is 1. The van der Waals surface area contributed by atoms with Gasteiger partial charge in [0.2, 0.25) is 0 Å². The fourth-order valence-electron chi connectivity index (χ4n) is 3.79. The van der Waals surface area contributed by atoms with Crippen molar-refractivity contribution >= 4 is 67.2 Å². The monoisotopic (exact) mass is 702 g/mol. The van der Waals surface area contributed by atoms with E-state index in [4.69, 9.17) is 14.5 Å². The van der Waals surface area contributed by atoms with Crippen molar-refractivity contribution in [2.24, 2.45) is 5.10 Å². The number of anilines is 1. The van der Waals surface area contributed by atoms with E-state index in [0.717, 1.165) is 13.6 Å². The van der Waals surface area contributed by atoms with Crippen LogP contribution in [0, 0.1) is 10.5 Å². The van der Waals surface area contributed by atoms with Crippen LogP contribution >= 0.6 is 38.5 Å². The van der Waals surface area contributed by atoms with E-state index in [9.17, 15) is 9.59 Å². The summed E-state index contributed by atoms with van der Waals surface area (Å²) in [5.74, 6) is 1.14. The molecule has 4 rings (SSSR count). The number of rotatable bonds is 7. The van der Waals surface area contributed by atoms with Gasteiger partial charge in [0.25, 0.3) is 11.5 Å². The third kappa shape index (κ3) is 6.85. The molecule has 0 radical (unpaired) electrons. The zero-order valence-corrected chi connectivity index (χ0v) is 26.0. The van der Waals surface area contributed by atoms with Gasteiger partial charge >= 0.3 is 0 Å². The normalized spacial score (nSPS) is 11.7. The third-order valence-electron chi connectivity index (χ3n) is 5.74. The molecular weight excluding hydrogens is 675 g/mol. The maximum atomic E-state index is 13.4. The van der Waals surface area contributed by atoms with E-state index in [1.165, 1.54) is 11.8 Å². The molecule has 1 aromatic heterocycles. The first-order valence-corrected chi connectivity index (χ1v) is 14.0. The molecule has 0 saturated heterocycles. The first kappa shape index (κ1) is 28.8. The molecule has 1 heterocycles. The molecule has 0 spiro atoms. The average molecular weight is 703 g/mol. The quantitative estimate of drug-likeness (QED) is 0.181. The first-order chi connectivity index (χ1) is 18.5. The van der Waals surface area contributed by atoms with Crippen molar-refractivity contribution in [1.29, 1.82) is 0 Å². The maximum absolute atomic E-state index is 13.4. The second-order valence-electron chi connectivity index (χ2n) is 9.95.